The van der Waals surface area contributed by atoms with Crippen LogP contribution in [0.1, 0.15) is 26.2 Å². The van der Waals surface area contributed by atoms with Gasteiger partial charge in [0.15, 0.2) is 0 Å². The minimum Gasteiger partial charge on any atom is -0.303 e. The van der Waals surface area contributed by atoms with Gasteiger partial charge in [0, 0.05) is 6.42 Å². The standard InChI is InChI=1S/C9H16O4S/c1-7-8(4-5-10)2-3-9(7)6-14(11,12)13/h5,7-9H,2-4,6H2,1H3,(H,11,12,13). The zero-order valence-electron chi connectivity index (χ0n) is 8.22. The summed E-state index contributed by atoms with van der Waals surface area (Å²) >= 11 is 0. The van der Waals surface area contributed by atoms with E-state index in [2.05, 4.69) is 0 Å². The molecule has 0 bridgehead atoms. The molecule has 0 aromatic heterocycles. The lowest BCUT2D eigenvalue weighted by atomic mass is 9.91. The fraction of sp³-hybridized carbons (Fsp3) is 0.889. The summed E-state index contributed by atoms with van der Waals surface area (Å²) < 4.78 is 30.1. The van der Waals surface area contributed by atoms with E-state index in [-0.39, 0.29) is 17.6 Å². The van der Waals surface area contributed by atoms with Crippen molar-refractivity contribution in [1.29, 1.82) is 0 Å². The topological polar surface area (TPSA) is 71.4 Å². The fourth-order valence-corrected chi connectivity index (χ4v) is 3.31. The van der Waals surface area contributed by atoms with Crippen LogP contribution in [0.4, 0.5) is 0 Å². The molecule has 14 heavy (non-hydrogen) atoms. The first-order valence-electron chi connectivity index (χ1n) is 4.83. The molecule has 0 amide bonds. The van der Waals surface area contributed by atoms with Crippen LogP contribution in [0.3, 0.4) is 0 Å². The molecule has 0 aromatic rings. The number of aldehydes is 1. The highest BCUT2D eigenvalue weighted by molar-refractivity contribution is 7.85. The quantitative estimate of drug-likeness (QED) is 0.569. The molecular weight excluding hydrogens is 204 g/mol. The lowest BCUT2D eigenvalue weighted by Crippen LogP contribution is -2.20. The normalized spacial score (nSPS) is 33.1. The van der Waals surface area contributed by atoms with Gasteiger partial charge in [-0.05, 0) is 30.6 Å². The smallest absolute Gasteiger partial charge is 0.265 e. The molecular formula is C9H16O4S. The number of carbonyl (C=O) groups is 1. The molecule has 1 saturated carbocycles. The highest BCUT2D eigenvalue weighted by Gasteiger charge is 2.34. The second-order valence-corrected chi connectivity index (χ2v) is 5.60. The Labute approximate surface area is 84.4 Å². The van der Waals surface area contributed by atoms with Gasteiger partial charge in [0.1, 0.15) is 6.29 Å². The van der Waals surface area contributed by atoms with Crippen LogP contribution in [0.15, 0.2) is 0 Å². The largest absolute Gasteiger partial charge is 0.303 e. The predicted octanol–water partition coefficient (Wildman–Crippen LogP) is 1.13. The summed E-state index contributed by atoms with van der Waals surface area (Å²) in [6, 6.07) is 0. The summed E-state index contributed by atoms with van der Waals surface area (Å²) in [6.07, 6.45) is 3.07. The first-order valence-corrected chi connectivity index (χ1v) is 6.43. The van der Waals surface area contributed by atoms with Gasteiger partial charge in [0.2, 0.25) is 0 Å². The van der Waals surface area contributed by atoms with Crippen molar-refractivity contribution in [2.45, 2.75) is 26.2 Å². The van der Waals surface area contributed by atoms with Crippen LogP contribution >= 0.6 is 0 Å². The van der Waals surface area contributed by atoms with Crippen molar-refractivity contribution in [3.05, 3.63) is 0 Å². The van der Waals surface area contributed by atoms with Gasteiger partial charge in [0.05, 0.1) is 5.75 Å². The fourth-order valence-electron chi connectivity index (χ4n) is 2.30. The number of rotatable bonds is 4. The summed E-state index contributed by atoms with van der Waals surface area (Å²) in [5.41, 5.74) is 0. The van der Waals surface area contributed by atoms with Crippen molar-refractivity contribution < 1.29 is 17.8 Å². The Balaban J connectivity index is 2.55. The van der Waals surface area contributed by atoms with Crippen LogP contribution in [0.25, 0.3) is 0 Å². The summed E-state index contributed by atoms with van der Waals surface area (Å²) in [5.74, 6) is 0.347. The zero-order valence-corrected chi connectivity index (χ0v) is 9.03. The van der Waals surface area contributed by atoms with Crippen LogP contribution in [0.2, 0.25) is 0 Å². The van der Waals surface area contributed by atoms with E-state index in [9.17, 15) is 13.2 Å². The van der Waals surface area contributed by atoms with Crippen molar-refractivity contribution >= 4 is 16.4 Å². The highest BCUT2D eigenvalue weighted by Crippen LogP contribution is 2.38. The van der Waals surface area contributed by atoms with Gasteiger partial charge >= 0.3 is 0 Å². The summed E-state index contributed by atoms with van der Waals surface area (Å²) in [6.45, 7) is 1.96. The van der Waals surface area contributed by atoms with Crippen LogP contribution in [-0.2, 0) is 14.9 Å². The Morgan fingerprint density at radius 1 is 1.36 bits per heavy atom. The molecule has 0 radical (unpaired) electrons. The monoisotopic (exact) mass is 220 g/mol. The molecule has 5 heteroatoms. The van der Waals surface area contributed by atoms with Gasteiger partial charge in [-0.1, -0.05) is 6.92 Å². The van der Waals surface area contributed by atoms with E-state index >= 15 is 0 Å². The molecule has 0 aliphatic heterocycles. The average molecular weight is 220 g/mol. The van der Waals surface area contributed by atoms with Crippen LogP contribution in [-0.4, -0.2) is 25.0 Å². The summed E-state index contributed by atoms with van der Waals surface area (Å²) in [7, 11) is -3.87. The molecule has 0 saturated heterocycles. The van der Waals surface area contributed by atoms with E-state index in [4.69, 9.17) is 4.55 Å². The van der Waals surface area contributed by atoms with Crippen molar-refractivity contribution in [3.63, 3.8) is 0 Å². The van der Waals surface area contributed by atoms with E-state index < -0.39 is 10.1 Å². The SMILES string of the molecule is CC1C(CC=O)CCC1CS(=O)(=O)O. The molecule has 0 aromatic carbocycles. The van der Waals surface area contributed by atoms with E-state index in [0.29, 0.717) is 12.3 Å². The Kier molecular flexibility index (Phi) is 3.66. The maximum atomic E-state index is 10.7. The highest BCUT2D eigenvalue weighted by atomic mass is 32.2. The second-order valence-electron chi connectivity index (χ2n) is 4.11. The van der Waals surface area contributed by atoms with Gasteiger partial charge < -0.3 is 4.79 Å². The molecule has 82 valence electrons. The zero-order chi connectivity index (χ0) is 10.8. The summed E-state index contributed by atoms with van der Waals surface area (Å²) in [4.78, 5) is 10.3. The third-order valence-corrected chi connectivity index (χ3v) is 4.07. The van der Waals surface area contributed by atoms with E-state index in [1.54, 1.807) is 0 Å². The molecule has 1 N–H and O–H groups in total. The predicted molar refractivity (Wildman–Crippen MR) is 52.5 cm³/mol. The van der Waals surface area contributed by atoms with E-state index in [1.165, 1.54) is 0 Å². The second kappa shape index (κ2) is 4.40. The molecule has 1 aliphatic rings. The minimum atomic E-state index is -3.87. The Bertz CT molecular complexity index is 296. The van der Waals surface area contributed by atoms with Gasteiger partial charge in [0.25, 0.3) is 10.1 Å². The van der Waals surface area contributed by atoms with Crippen molar-refractivity contribution in [2.75, 3.05) is 5.75 Å². The molecule has 1 aliphatic carbocycles. The van der Waals surface area contributed by atoms with Crippen LogP contribution in [0.5, 0.6) is 0 Å². The first-order chi connectivity index (χ1) is 6.44. The van der Waals surface area contributed by atoms with Crippen molar-refractivity contribution in [1.82, 2.24) is 0 Å². The third-order valence-electron chi connectivity index (χ3n) is 3.22. The number of hydrogen-bond acceptors (Lipinski definition) is 3. The van der Waals surface area contributed by atoms with Gasteiger partial charge in [-0.3, -0.25) is 4.55 Å². The van der Waals surface area contributed by atoms with Gasteiger partial charge in [-0.2, -0.15) is 8.42 Å². The van der Waals surface area contributed by atoms with Gasteiger partial charge in [-0.15, -0.1) is 0 Å². The first kappa shape index (κ1) is 11.7. The molecule has 1 fully saturated rings. The number of hydrogen-bond donors (Lipinski definition) is 1. The lowest BCUT2D eigenvalue weighted by Gasteiger charge is -2.17. The molecule has 0 heterocycles. The number of carbonyl (C=O) groups excluding carboxylic acids is 1. The molecule has 0 spiro atoms. The molecule has 3 unspecified atom stereocenters. The Morgan fingerprint density at radius 3 is 2.43 bits per heavy atom. The summed E-state index contributed by atoms with van der Waals surface area (Å²) in [5, 5.41) is 0. The molecule has 4 nitrogen and oxygen atoms in total. The molecule has 1 rings (SSSR count). The lowest BCUT2D eigenvalue weighted by molar-refractivity contribution is -0.108. The van der Waals surface area contributed by atoms with Crippen LogP contribution in [0, 0.1) is 17.8 Å². The van der Waals surface area contributed by atoms with E-state index in [1.807, 2.05) is 6.92 Å². The Morgan fingerprint density at radius 2 is 1.93 bits per heavy atom. The minimum absolute atomic E-state index is 0.00921. The third kappa shape index (κ3) is 3.06. The molecule has 3 atom stereocenters. The van der Waals surface area contributed by atoms with Crippen molar-refractivity contribution in [2.24, 2.45) is 17.8 Å². The van der Waals surface area contributed by atoms with Crippen molar-refractivity contribution in [3.8, 4) is 0 Å². The van der Waals surface area contributed by atoms with Gasteiger partial charge in [-0.25, -0.2) is 0 Å². The van der Waals surface area contributed by atoms with Crippen LogP contribution < -0.4 is 0 Å². The van der Waals surface area contributed by atoms with E-state index in [0.717, 1.165) is 19.1 Å². The maximum absolute atomic E-state index is 10.7. The average Bonchev–Trinajstić information content (AvgIpc) is 2.34. The Hall–Kier alpha value is -0.420. The maximum Gasteiger partial charge on any atom is 0.265 e.